The number of hydrogen-bond acceptors (Lipinski definition) is 3. The molecule has 1 aliphatic rings. The van der Waals surface area contributed by atoms with Crippen LogP contribution in [0.2, 0.25) is 0 Å². The summed E-state index contributed by atoms with van der Waals surface area (Å²) in [6, 6.07) is 3.56. The number of Topliss-reactive ketones (excluding diaryl/α,β-unsaturated/α-hetero) is 1. The predicted molar refractivity (Wildman–Crippen MR) is 92.9 cm³/mol. The predicted octanol–water partition coefficient (Wildman–Crippen LogP) is 3.35. The third kappa shape index (κ3) is 4.00. The minimum Gasteiger partial charge on any atom is -0.376 e. The second kappa shape index (κ2) is 7.34. The Kier molecular flexibility index (Phi) is 5.28. The first-order valence-electron chi connectivity index (χ1n) is 8.76. The molecule has 0 amide bonds. The molecule has 146 valence electrons. The third-order valence-corrected chi connectivity index (χ3v) is 4.92. The average molecular weight is 382 g/mol. The molecule has 8 heteroatoms. The molecule has 5 nitrogen and oxygen atoms in total. The van der Waals surface area contributed by atoms with Gasteiger partial charge in [-0.2, -0.15) is 13.2 Å². The summed E-state index contributed by atoms with van der Waals surface area (Å²) in [5, 5.41) is 0. The summed E-state index contributed by atoms with van der Waals surface area (Å²) in [6.45, 7) is 4.59. The van der Waals surface area contributed by atoms with Crippen LogP contribution in [0.4, 0.5) is 13.2 Å². The number of carbonyl (C=O) groups excluding carboxylic acids is 1. The molecule has 1 saturated heterocycles. The van der Waals surface area contributed by atoms with E-state index in [1.165, 1.54) is 6.20 Å². The van der Waals surface area contributed by atoms with E-state index in [4.69, 9.17) is 4.74 Å². The van der Waals surface area contributed by atoms with Gasteiger partial charge in [-0.05, 0) is 44.9 Å². The van der Waals surface area contributed by atoms with Gasteiger partial charge in [0, 0.05) is 36.3 Å². The van der Waals surface area contributed by atoms with E-state index in [-0.39, 0.29) is 6.10 Å². The zero-order chi connectivity index (χ0) is 19.8. The van der Waals surface area contributed by atoms with Crippen LogP contribution in [0.3, 0.4) is 0 Å². The molecule has 0 aromatic carbocycles. The van der Waals surface area contributed by atoms with Crippen molar-refractivity contribution in [1.82, 2.24) is 9.13 Å². The Morgan fingerprint density at radius 3 is 2.70 bits per heavy atom. The zero-order valence-electron chi connectivity index (χ0n) is 15.2. The minimum absolute atomic E-state index is 0.101. The second-order valence-electron chi connectivity index (χ2n) is 6.81. The van der Waals surface area contributed by atoms with E-state index in [2.05, 4.69) is 0 Å². The number of pyridine rings is 1. The third-order valence-electron chi connectivity index (χ3n) is 4.92. The molecular weight excluding hydrogens is 361 g/mol. The van der Waals surface area contributed by atoms with E-state index in [1.807, 2.05) is 11.5 Å². The minimum atomic E-state index is -4.75. The van der Waals surface area contributed by atoms with Crippen LogP contribution in [0, 0.1) is 13.8 Å². The van der Waals surface area contributed by atoms with E-state index >= 15 is 0 Å². The van der Waals surface area contributed by atoms with Crippen LogP contribution in [0.5, 0.6) is 0 Å². The number of rotatable bonds is 5. The number of nitrogens with zero attached hydrogens (tertiary/aromatic N) is 2. The molecule has 1 fully saturated rings. The topological polar surface area (TPSA) is 53.2 Å². The molecule has 0 saturated carbocycles. The first kappa shape index (κ1) is 19.4. The highest BCUT2D eigenvalue weighted by atomic mass is 19.4. The summed E-state index contributed by atoms with van der Waals surface area (Å²) in [4.78, 5) is 24.7. The van der Waals surface area contributed by atoms with Crippen molar-refractivity contribution in [3.05, 3.63) is 57.3 Å². The molecule has 2 aromatic heterocycles. The summed E-state index contributed by atoms with van der Waals surface area (Å²) in [6.07, 6.45) is -1.49. The summed E-state index contributed by atoms with van der Waals surface area (Å²) in [7, 11) is 0. The van der Waals surface area contributed by atoms with Crippen LogP contribution in [-0.4, -0.2) is 27.6 Å². The summed E-state index contributed by atoms with van der Waals surface area (Å²) in [5.74, 6) is -0.400. The van der Waals surface area contributed by atoms with Gasteiger partial charge >= 0.3 is 6.18 Å². The van der Waals surface area contributed by atoms with Crippen molar-refractivity contribution in [1.29, 1.82) is 0 Å². The molecule has 1 atom stereocenters. The highest BCUT2D eigenvalue weighted by Crippen LogP contribution is 2.26. The van der Waals surface area contributed by atoms with Crippen molar-refractivity contribution >= 4 is 5.78 Å². The molecule has 2 aromatic rings. The van der Waals surface area contributed by atoms with Gasteiger partial charge in [0.2, 0.25) is 0 Å². The van der Waals surface area contributed by atoms with Crippen LogP contribution in [-0.2, 0) is 24.0 Å². The number of ether oxygens (including phenoxy) is 1. The molecule has 0 spiro atoms. The van der Waals surface area contributed by atoms with E-state index in [0.29, 0.717) is 12.1 Å². The Bertz CT molecular complexity index is 906. The Labute approximate surface area is 154 Å². The largest absolute Gasteiger partial charge is 0.421 e. The maximum Gasteiger partial charge on any atom is 0.421 e. The summed E-state index contributed by atoms with van der Waals surface area (Å²) >= 11 is 0. The van der Waals surface area contributed by atoms with E-state index in [9.17, 15) is 22.8 Å². The number of halogens is 3. The lowest BCUT2D eigenvalue weighted by Gasteiger charge is -2.15. The SMILES string of the molecule is Cc1cc(C(=O)Cn2cccc(C(F)(F)F)c2=O)c(C)n1C[C@@H]1CCCO1. The molecule has 0 aliphatic carbocycles. The maximum atomic E-state index is 12.9. The highest BCUT2D eigenvalue weighted by molar-refractivity contribution is 5.97. The Balaban J connectivity index is 1.84. The van der Waals surface area contributed by atoms with Crippen molar-refractivity contribution < 1.29 is 22.7 Å². The molecule has 3 heterocycles. The van der Waals surface area contributed by atoms with Gasteiger partial charge in [-0.15, -0.1) is 0 Å². The first-order chi connectivity index (χ1) is 12.7. The molecule has 0 radical (unpaired) electrons. The number of alkyl halides is 3. The Hall–Kier alpha value is -2.35. The van der Waals surface area contributed by atoms with Gasteiger partial charge in [0.15, 0.2) is 5.78 Å². The van der Waals surface area contributed by atoms with Gasteiger partial charge in [0.05, 0.1) is 12.6 Å². The van der Waals surface area contributed by atoms with Crippen LogP contribution in [0.1, 0.15) is 40.2 Å². The molecule has 0 unspecified atom stereocenters. The lowest BCUT2D eigenvalue weighted by molar-refractivity contribution is -0.138. The van der Waals surface area contributed by atoms with Gasteiger partial charge in [-0.3, -0.25) is 9.59 Å². The molecule has 3 rings (SSSR count). The smallest absolute Gasteiger partial charge is 0.376 e. The average Bonchev–Trinajstić information content (AvgIpc) is 3.19. The standard InChI is InChI=1S/C19H21F3N2O3/c1-12-9-15(13(2)24(12)10-14-5-4-8-27-14)17(25)11-23-7-3-6-16(18(23)26)19(20,21)22/h3,6-7,9,14H,4-5,8,10-11H2,1-2H3/t14-/m0/s1. The molecule has 1 aliphatic heterocycles. The lowest BCUT2D eigenvalue weighted by Crippen LogP contribution is -2.30. The fourth-order valence-electron chi connectivity index (χ4n) is 3.47. The lowest BCUT2D eigenvalue weighted by atomic mass is 10.1. The second-order valence-corrected chi connectivity index (χ2v) is 6.81. The molecular formula is C19H21F3N2O3. The first-order valence-corrected chi connectivity index (χ1v) is 8.76. The van der Waals surface area contributed by atoms with Crippen molar-refractivity contribution in [3.63, 3.8) is 0 Å². The van der Waals surface area contributed by atoms with E-state index in [1.54, 1.807) is 13.0 Å². The number of carbonyl (C=O) groups is 1. The van der Waals surface area contributed by atoms with Crippen LogP contribution < -0.4 is 5.56 Å². The van der Waals surface area contributed by atoms with Gasteiger partial charge in [0.1, 0.15) is 5.56 Å². The van der Waals surface area contributed by atoms with E-state index < -0.39 is 29.6 Å². The monoisotopic (exact) mass is 382 g/mol. The van der Waals surface area contributed by atoms with Crippen molar-refractivity contribution in [3.8, 4) is 0 Å². The summed E-state index contributed by atoms with van der Waals surface area (Å²) < 4.78 is 47.1. The Morgan fingerprint density at radius 2 is 2.07 bits per heavy atom. The van der Waals surface area contributed by atoms with Crippen molar-refractivity contribution in [2.45, 2.75) is 52.1 Å². The molecule has 0 N–H and O–H groups in total. The fraction of sp³-hybridized carbons (Fsp3) is 0.474. The number of aryl methyl sites for hydroxylation is 1. The van der Waals surface area contributed by atoms with Gasteiger partial charge in [-0.25, -0.2) is 0 Å². The zero-order valence-corrected chi connectivity index (χ0v) is 15.2. The van der Waals surface area contributed by atoms with Crippen molar-refractivity contribution in [2.24, 2.45) is 0 Å². The Morgan fingerprint density at radius 1 is 1.33 bits per heavy atom. The molecule has 27 heavy (non-hydrogen) atoms. The van der Waals surface area contributed by atoms with Gasteiger partial charge < -0.3 is 13.9 Å². The molecule has 0 bridgehead atoms. The van der Waals surface area contributed by atoms with E-state index in [0.717, 1.165) is 47.5 Å². The summed E-state index contributed by atoms with van der Waals surface area (Å²) in [5.41, 5.74) is -0.473. The quantitative estimate of drug-likeness (QED) is 0.746. The normalized spacial score (nSPS) is 17.4. The highest BCUT2D eigenvalue weighted by Gasteiger charge is 2.34. The van der Waals surface area contributed by atoms with Gasteiger partial charge in [0.25, 0.3) is 5.56 Å². The number of hydrogen-bond donors (Lipinski definition) is 0. The van der Waals surface area contributed by atoms with Crippen LogP contribution >= 0.6 is 0 Å². The van der Waals surface area contributed by atoms with Gasteiger partial charge in [-0.1, -0.05) is 0 Å². The van der Waals surface area contributed by atoms with Crippen LogP contribution in [0.15, 0.2) is 29.2 Å². The number of ketones is 1. The van der Waals surface area contributed by atoms with Crippen molar-refractivity contribution in [2.75, 3.05) is 6.61 Å². The maximum absolute atomic E-state index is 12.9. The fourth-order valence-corrected chi connectivity index (χ4v) is 3.47. The van der Waals surface area contributed by atoms with Crippen LogP contribution in [0.25, 0.3) is 0 Å². The number of aromatic nitrogens is 2.